The first-order valence-electron chi connectivity index (χ1n) is 33.2. The molecule has 29 heteroatoms. The Labute approximate surface area is 546 Å². The number of hydrogen-bond donors (Lipinski definition) is 16. The number of esters is 1. The van der Waals surface area contributed by atoms with Crippen molar-refractivity contribution in [1.29, 1.82) is 0 Å². The predicted molar refractivity (Wildman–Crippen MR) is 319 cm³/mol. The molecule has 538 valence electrons. The number of carboxylic acid groups (broad SMARTS) is 1. The van der Waals surface area contributed by atoms with Gasteiger partial charge in [0.05, 0.1) is 49.7 Å². The first-order valence-corrected chi connectivity index (χ1v) is 33.2. The zero-order valence-electron chi connectivity index (χ0n) is 55.3. The first-order chi connectivity index (χ1) is 43.9. The highest BCUT2D eigenvalue weighted by Crippen LogP contribution is 2.76. The van der Waals surface area contributed by atoms with Gasteiger partial charge < -0.3 is 134 Å². The van der Waals surface area contributed by atoms with Crippen molar-refractivity contribution >= 4 is 11.9 Å². The minimum atomic E-state index is -2.34. The summed E-state index contributed by atoms with van der Waals surface area (Å²) in [5.74, 6) is -2.69. The maximum absolute atomic E-state index is 13.5. The highest BCUT2D eigenvalue weighted by Gasteiger charge is 2.72. The second-order valence-electron chi connectivity index (χ2n) is 30.7. The zero-order chi connectivity index (χ0) is 69.2. The molecule has 5 aliphatic carbocycles. The van der Waals surface area contributed by atoms with E-state index < -0.39 is 231 Å². The molecule has 16 N–H and O–H groups in total. The Morgan fingerprint density at radius 2 is 1.06 bits per heavy atom. The topological polar surface area (TPSA) is 459 Å². The van der Waals surface area contributed by atoms with Gasteiger partial charge in [0.25, 0.3) is 0 Å². The summed E-state index contributed by atoms with van der Waals surface area (Å²) in [7, 11) is 0. The Balaban J connectivity index is 0.976. The number of hydrogen-bond acceptors (Lipinski definition) is 28. The zero-order valence-corrected chi connectivity index (χ0v) is 55.3. The summed E-state index contributed by atoms with van der Waals surface area (Å²) in [4.78, 5) is 26.9. The molecule has 0 bridgehead atoms. The van der Waals surface area contributed by atoms with Crippen LogP contribution in [0.5, 0.6) is 0 Å². The van der Waals surface area contributed by atoms with E-state index in [-0.39, 0.29) is 23.2 Å². The van der Waals surface area contributed by atoms with Crippen LogP contribution in [0.1, 0.15) is 128 Å². The van der Waals surface area contributed by atoms with E-state index in [2.05, 4.69) is 40.7 Å². The van der Waals surface area contributed by atoms with Crippen LogP contribution in [-0.2, 0) is 61.7 Å². The van der Waals surface area contributed by atoms with Gasteiger partial charge in [0.15, 0.2) is 37.6 Å². The fourth-order valence-corrected chi connectivity index (χ4v) is 18.7. The Kier molecular flexibility index (Phi) is 21.6. The summed E-state index contributed by atoms with van der Waals surface area (Å²) >= 11 is 0. The maximum Gasteiger partial charge on any atom is 0.335 e. The molecule has 9 fully saturated rings. The average molecular weight is 1350 g/mol. The summed E-state index contributed by atoms with van der Waals surface area (Å²) in [5.41, 5.74) is -2.17. The number of aliphatic hydroxyl groups is 15. The average Bonchev–Trinajstić information content (AvgIpc) is 0.671. The van der Waals surface area contributed by atoms with Gasteiger partial charge in [0, 0.05) is 5.57 Å². The lowest BCUT2D eigenvalue weighted by molar-refractivity contribution is -0.412. The van der Waals surface area contributed by atoms with Crippen molar-refractivity contribution in [3.63, 3.8) is 0 Å². The van der Waals surface area contributed by atoms with E-state index in [9.17, 15) is 91.3 Å². The molecule has 35 atom stereocenters. The SMILES string of the molecule is C/C=C(\C)C(=O)O[C@H]1CC(C)(C)C[C@H]2C3=CC[C@@H]4[C@@]5(C)CC[C@H](O[C@@H]6O[C@H](C(=O)O)[C@@H](O)[C@H](O[C@@H]7O[C@H](CO)[C@H](O)[C@H](O)[C@H]7O[C@@H]7O[C@@H](C)[C@H](O)[C@@H](O)[C@H]7O[C@@H]7O[C@@H](C)[C@H](O)[C@@H](O)[C@H]7O)[C@H]6O[C@@H]6O[C@H](CO)[C@H](O)[C@H](O)[C@H]6O)C(C)(C)[C@@H]5CC[C@@]4(C)[C@]3(C)C[C@@H](O)[C@@]12CO. The van der Waals surface area contributed by atoms with Crippen molar-refractivity contribution in [3.05, 3.63) is 23.3 Å². The van der Waals surface area contributed by atoms with Crippen molar-refractivity contribution in [2.75, 3.05) is 19.8 Å². The van der Waals surface area contributed by atoms with Gasteiger partial charge in [-0.3, -0.25) is 0 Å². The van der Waals surface area contributed by atoms with Gasteiger partial charge in [0.2, 0.25) is 0 Å². The van der Waals surface area contributed by atoms with Crippen molar-refractivity contribution in [2.45, 2.75) is 299 Å². The monoisotopic (exact) mass is 1350 g/mol. The van der Waals surface area contributed by atoms with Crippen molar-refractivity contribution in [1.82, 2.24) is 0 Å². The predicted octanol–water partition coefficient (Wildman–Crippen LogP) is -2.13. The molecule has 0 aromatic carbocycles. The Bertz CT molecular complexity index is 2730. The number of aliphatic hydroxyl groups excluding tert-OH is 15. The standard InChI is InChI=1S/C65H104O29/c1-12-25(2)54(83)88-36-21-60(5,6)19-29-28-13-14-33-62(9)17-16-35(61(7,8)32(62)15-18-63(33,10)64(28,11)20-34(69)65(29,36)24-68)89-59-52(94-56-46(79)42(75)39(72)30(22-66)86-56)48(47(80)49(91-59)53(81)82)90-58-51(44(77)40(73)31(23-67)87-58)93-57-50(43(76)38(71)27(4)85-57)92-55-45(78)41(74)37(70)26(3)84-55/h12-13,26-27,29-52,55-59,66-80H,14-24H2,1-11H3,(H,81,82)/b25-12+/t26-,27-,29-,30+,31+,32-,33+,34+,35-,36-,37-,38-,39-,40-,41+,42-,43+,44-,45+,46+,47-,48-,49-,50+,51+,52+,55-,56-,57-,58-,59+,62-,63+,64+,65-/m0/s1. The Morgan fingerprint density at radius 3 is 1.66 bits per heavy atom. The molecule has 0 aromatic heterocycles. The highest BCUT2D eigenvalue weighted by molar-refractivity contribution is 5.87. The smallest absolute Gasteiger partial charge is 0.335 e. The molecule has 29 nitrogen and oxygen atoms in total. The number of carbonyl (C=O) groups is 2. The van der Waals surface area contributed by atoms with Crippen LogP contribution in [0.3, 0.4) is 0 Å². The molecule has 5 aliphatic heterocycles. The van der Waals surface area contributed by atoms with Gasteiger partial charge in [-0.2, -0.15) is 0 Å². The molecule has 0 spiro atoms. The number of rotatable bonds is 16. The number of fused-ring (bicyclic) bond motifs is 7. The van der Waals surface area contributed by atoms with Crippen LogP contribution in [0.4, 0.5) is 0 Å². The number of carboxylic acids is 1. The highest BCUT2D eigenvalue weighted by atomic mass is 16.8. The molecule has 5 heterocycles. The molecule has 0 aromatic rings. The number of ether oxygens (including phenoxy) is 11. The number of allylic oxidation sites excluding steroid dienone is 3. The lowest BCUT2D eigenvalue weighted by atomic mass is 9.33. The fourth-order valence-electron chi connectivity index (χ4n) is 18.7. The summed E-state index contributed by atoms with van der Waals surface area (Å²) in [5, 5.41) is 180. The first kappa shape index (κ1) is 74.1. The maximum atomic E-state index is 13.5. The lowest BCUT2D eigenvalue weighted by Crippen LogP contribution is -2.70. The minimum Gasteiger partial charge on any atom is -0.479 e. The fraction of sp³-hybridized carbons (Fsp3) is 0.908. The molecule has 94 heavy (non-hydrogen) atoms. The molecule has 10 rings (SSSR count). The normalized spacial score (nSPS) is 52.6. The molecule has 4 saturated carbocycles. The lowest BCUT2D eigenvalue weighted by Gasteiger charge is -2.72. The van der Waals surface area contributed by atoms with E-state index >= 15 is 0 Å². The van der Waals surface area contributed by atoms with E-state index in [4.69, 9.17) is 52.1 Å². The van der Waals surface area contributed by atoms with Crippen molar-refractivity contribution in [2.24, 2.45) is 50.2 Å². The van der Waals surface area contributed by atoms with Gasteiger partial charge in [-0.05, 0) is 124 Å². The van der Waals surface area contributed by atoms with E-state index in [1.165, 1.54) is 13.8 Å². The van der Waals surface area contributed by atoms with E-state index in [1.54, 1.807) is 19.9 Å². The number of aliphatic carboxylic acids is 1. The van der Waals surface area contributed by atoms with Crippen LogP contribution < -0.4 is 0 Å². The van der Waals surface area contributed by atoms with E-state index in [0.717, 1.165) is 5.57 Å². The van der Waals surface area contributed by atoms with Crippen LogP contribution in [0, 0.1) is 50.2 Å². The second-order valence-corrected chi connectivity index (χ2v) is 30.7. The third-order valence-electron chi connectivity index (χ3n) is 24.6. The van der Waals surface area contributed by atoms with Crippen LogP contribution in [0.2, 0.25) is 0 Å². The van der Waals surface area contributed by atoms with Gasteiger partial charge in [-0.1, -0.05) is 66.2 Å². The molecule has 5 saturated heterocycles. The summed E-state index contributed by atoms with van der Waals surface area (Å²) in [6, 6.07) is 0. The van der Waals surface area contributed by atoms with Gasteiger partial charge in [-0.25, -0.2) is 9.59 Å². The summed E-state index contributed by atoms with van der Waals surface area (Å²) in [6.45, 7) is 18.9. The van der Waals surface area contributed by atoms with Crippen LogP contribution in [0.25, 0.3) is 0 Å². The van der Waals surface area contributed by atoms with Gasteiger partial charge >= 0.3 is 11.9 Å². The number of carbonyl (C=O) groups excluding carboxylic acids is 1. The Hall–Kier alpha value is -2.58. The van der Waals surface area contributed by atoms with Crippen molar-refractivity contribution < 1.29 is 143 Å². The van der Waals surface area contributed by atoms with E-state index in [0.29, 0.717) is 56.9 Å². The Morgan fingerprint density at radius 1 is 0.553 bits per heavy atom. The van der Waals surface area contributed by atoms with Crippen molar-refractivity contribution in [3.8, 4) is 0 Å². The van der Waals surface area contributed by atoms with Crippen LogP contribution >= 0.6 is 0 Å². The third kappa shape index (κ3) is 12.4. The molecule has 10 aliphatic rings. The minimum absolute atomic E-state index is 0.0131. The molecular weight excluding hydrogens is 1240 g/mol. The second kappa shape index (κ2) is 27.4. The van der Waals surface area contributed by atoms with Crippen LogP contribution in [0.15, 0.2) is 23.3 Å². The van der Waals surface area contributed by atoms with Gasteiger partial charge in [0.1, 0.15) is 110 Å². The molecule has 0 radical (unpaired) electrons. The molecule has 0 amide bonds. The largest absolute Gasteiger partial charge is 0.479 e. The molecule has 0 unspecified atom stereocenters. The van der Waals surface area contributed by atoms with E-state index in [1.807, 2.05) is 13.8 Å². The molecular formula is C65H104O29. The van der Waals surface area contributed by atoms with Gasteiger partial charge in [-0.15, -0.1) is 0 Å². The quantitative estimate of drug-likeness (QED) is 0.0340. The van der Waals surface area contributed by atoms with Crippen LogP contribution in [-0.4, -0.2) is 285 Å². The summed E-state index contributed by atoms with van der Waals surface area (Å²) < 4.78 is 68.1. The summed E-state index contributed by atoms with van der Waals surface area (Å²) in [6.07, 6.45) is -42.1. The third-order valence-corrected chi connectivity index (χ3v) is 24.6.